The molecule has 0 aliphatic carbocycles. The van der Waals surface area contributed by atoms with Crippen molar-refractivity contribution < 1.29 is 4.79 Å². The van der Waals surface area contributed by atoms with Gasteiger partial charge in [-0.3, -0.25) is 0 Å². The first kappa shape index (κ1) is 8.26. The Morgan fingerprint density at radius 1 is 1.42 bits per heavy atom. The summed E-state index contributed by atoms with van der Waals surface area (Å²) in [5.41, 5.74) is 7.80. The number of hydrogen-bond acceptors (Lipinski definition) is 2. The SMILES string of the molecule is NC(=O)N/N=C\c1ccccc1. The van der Waals surface area contributed by atoms with Crippen LogP contribution in [0.15, 0.2) is 35.4 Å². The molecule has 0 spiro atoms. The topological polar surface area (TPSA) is 67.5 Å². The minimum Gasteiger partial charge on any atom is -0.350 e. The highest BCUT2D eigenvalue weighted by atomic mass is 16.2. The number of primary amides is 1. The average Bonchev–Trinajstić information content (AvgIpc) is 2.05. The summed E-state index contributed by atoms with van der Waals surface area (Å²) in [6.45, 7) is 0. The summed E-state index contributed by atoms with van der Waals surface area (Å²) >= 11 is 0. The molecule has 0 saturated carbocycles. The number of benzene rings is 1. The van der Waals surface area contributed by atoms with Crippen molar-refractivity contribution in [2.24, 2.45) is 10.8 Å². The molecule has 0 heterocycles. The number of hydrogen-bond donors (Lipinski definition) is 2. The summed E-state index contributed by atoms with van der Waals surface area (Å²) in [5.74, 6) is 0. The van der Waals surface area contributed by atoms with Gasteiger partial charge in [-0.05, 0) is 5.56 Å². The minimum atomic E-state index is -0.665. The third-order valence-corrected chi connectivity index (χ3v) is 1.19. The summed E-state index contributed by atoms with van der Waals surface area (Å²) in [6, 6.07) is 8.73. The van der Waals surface area contributed by atoms with Crippen LogP contribution in [0, 0.1) is 0 Å². The van der Waals surface area contributed by atoms with E-state index in [9.17, 15) is 4.79 Å². The van der Waals surface area contributed by atoms with Crippen LogP contribution in [-0.4, -0.2) is 12.2 Å². The fraction of sp³-hybridized carbons (Fsp3) is 0. The van der Waals surface area contributed by atoms with Crippen LogP contribution in [0.3, 0.4) is 0 Å². The molecule has 0 saturated heterocycles. The lowest BCUT2D eigenvalue weighted by atomic mass is 10.2. The molecule has 0 bridgehead atoms. The zero-order valence-corrected chi connectivity index (χ0v) is 6.40. The maximum absolute atomic E-state index is 10.2. The Kier molecular flexibility index (Phi) is 2.84. The smallest absolute Gasteiger partial charge is 0.332 e. The first-order chi connectivity index (χ1) is 5.79. The second-order valence-electron chi connectivity index (χ2n) is 2.14. The average molecular weight is 163 g/mol. The Labute approximate surface area is 70.1 Å². The monoisotopic (exact) mass is 163 g/mol. The molecule has 1 aromatic rings. The van der Waals surface area contributed by atoms with Crippen molar-refractivity contribution in [1.29, 1.82) is 0 Å². The van der Waals surface area contributed by atoms with E-state index in [0.29, 0.717) is 0 Å². The molecule has 0 unspecified atom stereocenters. The van der Waals surface area contributed by atoms with Gasteiger partial charge in [-0.15, -0.1) is 0 Å². The van der Waals surface area contributed by atoms with Gasteiger partial charge in [0.1, 0.15) is 0 Å². The molecular formula is C8H9N3O. The Morgan fingerprint density at radius 2 is 2.08 bits per heavy atom. The maximum Gasteiger partial charge on any atom is 0.332 e. The van der Waals surface area contributed by atoms with Gasteiger partial charge < -0.3 is 5.73 Å². The fourth-order valence-electron chi connectivity index (χ4n) is 0.710. The predicted octanol–water partition coefficient (Wildman–Crippen LogP) is 0.689. The van der Waals surface area contributed by atoms with Crippen molar-refractivity contribution in [1.82, 2.24) is 5.43 Å². The summed E-state index contributed by atoms with van der Waals surface area (Å²) in [5, 5.41) is 3.59. The number of nitrogens with two attached hydrogens (primary N) is 1. The lowest BCUT2D eigenvalue weighted by Gasteiger charge is -1.91. The highest BCUT2D eigenvalue weighted by molar-refractivity contribution is 5.81. The highest BCUT2D eigenvalue weighted by Gasteiger charge is 1.85. The van der Waals surface area contributed by atoms with E-state index >= 15 is 0 Å². The van der Waals surface area contributed by atoms with Gasteiger partial charge in [0.2, 0.25) is 0 Å². The first-order valence-electron chi connectivity index (χ1n) is 3.42. The van der Waals surface area contributed by atoms with Crippen LogP contribution in [0.2, 0.25) is 0 Å². The number of nitrogens with one attached hydrogen (secondary N) is 1. The van der Waals surface area contributed by atoms with Gasteiger partial charge in [-0.2, -0.15) is 5.10 Å². The summed E-state index contributed by atoms with van der Waals surface area (Å²) in [7, 11) is 0. The van der Waals surface area contributed by atoms with Crippen LogP contribution in [0.4, 0.5) is 4.79 Å². The van der Waals surface area contributed by atoms with Gasteiger partial charge in [0.15, 0.2) is 0 Å². The lowest BCUT2D eigenvalue weighted by molar-refractivity contribution is 0.249. The van der Waals surface area contributed by atoms with E-state index in [2.05, 4.69) is 10.5 Å². The molecule has 62 valence electrons. The highest BCUT2D eigenvalue weighted by Crippen LogP contribution is 1.92. The van der Waals surface area contributed by atoms with Crippen molar-refractivity contribution >= 4 is 12.2 Å². The molecule has 0 aliphatic heterocycles. The molecular weight excluding hydrogens is 154 g/mol. The fourth-order valence-corrected chi connectivity index (χ4v) is 0.710. The molecule has 2 amide bonds. The van der Waals surface area contributed by atoms with E-state index in [1.165, 1.54) is 6.21 Å². The molecule has 0 aromatic heterocycles. The summed E-state index contributed by atoms with van der Waals surface area (Å²) in [4.78, 5) is 10.2. The van der Waals surface area contributed by atoms with E-state index in [0.717, 1.165) is 5.56 Å². The zero-order valence-electron chi connectivity index (χ0n) is 6.40. The van der Waals surface area contributed by atoms with E-state index in [-0.39, 0.29) is 0 Å². The Hall–Kier alpha value is -1.84. The largest absolute Gasteiger partial charge is 0.350 e. The number of rotatable bonds is 2. The lowest BCUT2D eigenvalue weighted by Crippen LogP contribution is -2.24. The van der Waals surface area contributed by atoms with Crippen molar-refractivity contribution in [3.05, 3.63) is 35.9 Å². The molecule has 0 fully saturated rings. The number of urea groups is 1. The molecule has 0 radical (unpaired) electrons. The van der Waals surface area contributed by atoms with Crippen molar-refractivity contribution in [2.45, 2.75) is 0 Å². The second kappa shape index (κ2) is 4.12. The maximum atomic E-state index is 10.2. The van der Waals surface area contributed by atoms with Crippen LogP contribution >= 0.6 is 0 Å². The third kappa shape index (κ3) is 2.83. The van der Waals surface area contributed by atoms with Gasteiger partial charge in [0.25, 0.3) is 0 Å². The van der Waals surface area contributed by atoms with E-state index in [4.69, 9.17) is 5.73 Å². The number of nitrogens with zero attached hydrogens (tertiary/aromatic N) is 1. The molecule has 4 heteroatoms. The first-order valence-corrected chi connectivity index (χ1v) is 3.42. The molecule has 4 nitrogen and oxygen atoms in total. The third-order valence-electron chi connectivity index (χ3n) is 1.19. The Balaban J connectivity index is 2.52. The Morgan fingerprint density at radius 3 is 2.67 bits per heavy atom. The number of amides is 2. The van der Waals surface area contributed by atoms with Crippen LogP contribution in [0.5, 0.6) is 0 Å². The molecule has 1 rings (SSSR count). The quantitative estimate of drug-likeness (QED) is 0.488. The summed E-state index contributed by atoms with van der Waals surface area (Å²) in [6.07, 6.45) is 1.52. The molecule has 0 aliphatic rings. The molecule has 12 heavy (non-hydrogen) atoms. The number of hydrazone groups is 1. The standard InChI is InChI=1S/C8H9N3O/c9-8(12)11-10-6-7-4-2-1-3-5-7/h1-6H,(H3,9,11,12)/b10-6-. The van der Waals surface area contributed by atoms with Gasteiger partial charge in [0.05, 0.1) is 6.21 Å². The minimum absolute atomic E-state index is 0.665. The van der Waals surface area contributed by atoms with Gasteiger partial charge in [-0.25, -0.2) is 10.2 Å². The van der Waals surface area contributed by atoms with Crippen molar-refractivity contribution in [2.75, 3.05) is 0 Å². The van der Waals surface area contributed by atoms with Crippen LogP contribution in [0.25, 0.3) is 0 Å². The summed E-state index contributed by atoms with van der Waals surface area (Å²) < 4.78 is 0. The Bertz CT molecular complexity index is 282. The molecule has 0 atom stereocenters. The molecule has 1 aromatic carbocycles. The van der Waals surface area contributed by atoms with E-state index in [1.54, 1.807) is 0 Å². The van der Waals surface area contributed by atoms with Gasteiger partial charge >= 0.3 is 6.03 Å². The van der Waals surface area contributed by atoms with E-state index in [1.807, 2.05) is 30.3 Å². The van der Waals surface area contributed by atoms with Crippen molar-refractivity contribution in [3.8, 4) is 0 Å². The zero-order chi connectivity index (χ0) is 8.81. The predicted molar refractivity (Wildman–Crippen MR) is 46.8 cm³/mol. The van der Waals surface area contributed by atoms with Gasteiger partial charge in [-0.1, -0.05) is 30.3 Å². The second-order valence-corrected chi connectivity index (χ2v) is 2.14. The van der Waals surface area contributed by atoms with Gasteiger partial charge in [0, 0.05) is 0 Å². The van der Waals surface area contributed by atoms with Crippen LogP contribution < -0.4 is 11.2 Å². The molecule has 3 N–H and O–H groups in total. The van der Waals surface area contributed by atoms with Crippen LogP contribution in [-0.2, 0) is 0 Å². The number of carbonyl (C=O) groups excluding carboxylic acids is 1. The normalized spacial score (nSPS) is 10.0. The van der Waals surface area contributed by atoms with Crippen molar-refractivity contribution in [3.63, 3.8) is 0 Å². The van der Waals surface area contributed by atoms with Crippen LogP contribution in [0.1, 0.15) is 5.56 Å². The van der Waals surface area contributed by atoms with E-state index < -0.39 is 6.03 Å². The number of carbonyl (C=O) groups is 1.